The molecule has 1 unspecified atom stereocenters. The maximum absolute atomic E-state index is 5.80. The third-order valence-electron chi connectivity index (χ3n) is 2.45. The fourth-order valence-corrected chi connectivity index (χ4v) is 2.51. The summed E-state index contributed by atoms with van der Waals surface area (Å²) in [6.07, 6.45) is 3.60. The standard InChI is InChI=1S/C12H15N3S/c13-8-11(10-4-2-1-3-5-10)9-16-12-14-6-7-15-12/h1-7,11H,8-9,13H2,(H,14,15). The minimum absolute atomic E-state index is 0.385. The van der Waals surface area contributed by atoms with Gasteiger partial charge in [0.1, 0.15) is 0 Å². The van der Waals surface area contributed by atoms with Crippen LogP contribution >= 0.6 is 11.8 Å². The highest BCUT2D eigenvalue weighted by atomic mass is 32.2. The molecule has 16 heavy (non-hydrogen) atoms. The Kier molecular flexibility index (Phi) is 4.02. The van der Waals surface area contributed by atoms with Gasteiger partial charge in [-0.1, -0.05) is 42.1 Å². The number of nitrogens with zero attached hydrogens (tertiary/aromatic N) is 1. The van der Waals surface area contributed by atoms with Crippen molar-refractivity contribution in [1.82, 2.24) is 9.97 Å². The van der Waals surface area contributed by atoms with Crippen LogP contribution in [-0.4, -0.2) is 22.3 Å². The van der Waals surface area contributed by atoms with Crippen molar-refractivity contribution in [3.8, 4) is 0 Å². The van der Waals surface area contributed by atoms with Crippen LogP contribution < -0.4 is 5.73 Å². The number of aromatic nitrogens is 2. The Morgan fingerprint density at radius 1 is 1.31 bits per heavy atom. The van der Waals surface area contributed by atoms with E-state index in [9.17, 15) is 0 Å². The van der Waals surface area contributed by atoms with E-state index in [1.54, 1.807) is 18.0 Å². The van der Waals surface area contributed by atoms with Gasteiger partial charge in [0, 0.05) is 24.1 Å². The predicted molar refractivity (Wildman–Crippen MR) is 67.5 cm³/mol. The van der Waals surface area contributed by atoms with E-state index in [2.05, 4.69) is 34.2 Å². The summed E-state index contributed by atoms with van der Waals surface area (Å²) in [4.78, 5) is 7.26. The third kappa shape index (κ3) is 2.87. The first-order valence-electron chi connectivity index (χ1n) is 5.27. The lowest BCUT2D eigenvalue weighted by Crippen LogP contribution is -2.14. The summed E-state index contributed by atoms with van der Waals surface area (Å²) in [5.41, 5.74) is 7.10. The van der Waals surface area contributed by atoms with Gasteiger partial charge >= 0.3 is 0 Å². The number of nitrogens with one attached hydrogen (secondary N) is 1. The number of imidazole rings is 1. The van der Waals surface area contributed by atoms with E-state index < -0.39 is 0 Å². The molecule has 0 saturated carbocycles. The molecule has 2 aromatic rings. The second-order valence-corrected chi connectivity index (χ2v) is 4.56. The number of hydrogen-bond donors (Lipinski definition) is 2. The summed E-state index contributed by atoms with van der Waals surface area (Å²) in [6, 6.07) is 10.4. The number of rotatable bonds is 5. The predicted octanol–water partition coefficient (Wildman–Crippen LogP) is 2.24. The number of hydrogen-bond acceptors (Lipinski definition) is 3. The van der Waals surface area contributed by atoms with Gasteiger partial charge in [-0.2, -0.15) is 0 Å². The lowest BCUT2D eigenvalue weighted by molar-refractivity contribution is 0.783. The lowest BCUT2D eigenvalue weighted by Gasteiger charge is -2.13. The monoisotopic (exact) mass is 233 g/mol. The zero-order valence-electron chi connectivity index (χ0n) is 8.97. The number of H-pyrrole nitrogens is 1. The van der Waals surface area contributed by atoms with Crippen LogP contribution in [0.3, 0.4) is 0 Å². The van der Waals surface area contributed by atoms with Gasteiger partial charge in [0.2, 0.25) is 0 Å². The van der Waals surface area contributed by atoms with E-state index in [-0.39, 0.29) is 0 Å². The van der Waals surface area contributed by atoms with Gasteiger partial charge in [-0.25, -0.2) is 4.98 Å². The minimum atomic E-state index is 0.385. The SMILES string of the molecule is NCC(CSc1ncc[nH]1)c1ccccc1. The average Bonchev–Trinajstić information content (AvgIpc) is 2.84. The average molecular weight is 233 g/mol. The second-order valence-electron chi connectivity index (χ2n) is 3.55. The van der Waals surface area contributed by atoms with E-state index >= 15 is 0 Å². The Bertz CT molecular complexity index is 399. The maximum atomic E-state index is 5.80. The summed E-state index contributed by atoms with van der Waals surface area (Å²) in [5.74, 6) is 1.34. The quantitative estimate of drug-likeness (QED) is 0.779. The summed E-state index contributed by atoms with van der Waals surface area (Å²) >= 11 is 1.71. The van der Waals surface area contributed by atoms with Crippen LogP contribution in [0.15, 0.2) is 47.9 Å². The molecule has 1 aromatic heterocycles. The summed E-state index contributed by atoms with van der Waals surface area (Å²) < 4.78 is 0. The highest BCUT2D eigenvalue weighted by Crippen LogP contribution is 2.23. The molecule has 1 aromatic carbocycles. The van der Waals surface area contributed by atoms with Crippen molar-refractivity contribution in [3.05, 3.63) is 48.3 Å². The molecule has 84 valence electrons. The molecule has 1 heterocycles. The topological polar surface area (TPSA) is 54.7 Å². The fraction of sp³-hybridized carbons (Fsp3) is 0.250. The molecule has 3 N–H and O–H groups in total. The molecule has 0 fully saturated rings. The van der Waals surface area contributed by atoms with Gasteiger partial charge in [0.05, 0.1) is 0 Å². The van der Waals surface area contributed by atoms with Gasteiger partial charge in [0.25, 0.3) is 0 Å². The highest BCUT2D eigenvalue weighted by Gasteiger charge is 2.10. The van der Waals surface area contributed by atoms with Gasteiger partial charge < -0.3 is 10.7 Å². The molecule has 0 aliphatic carbocycles. The minimum Gasteiger partial charge on any atom is -0.340 e. The molecule has 0 aliphatic heterocycles. The molecule has 0 spiro atoms. The van der Waals surface area contributed by atoms with Crippen LogP contribution in [0.1, 0.15) is 11.5 Å². The Hall–Kier alpha value is -1.26. The molecule has 3 nitrogen and oxygen atoms in total. The van der Waals surface area contributed by atoms with Crippen molar-refractivity contribution in [2.75, 3.05) is 12.3 Å². The summed E-state index contributed by atoms with van der Waals surface area (Å²) in [6.45, 7) is 0.664. The van der Waals surface area contributed by atoms with Crippen molar-refractivity contribution in [2.24, 2.45) is 5.73 Å². The van der Waals surface area contributed by atoms with Crippen LogP contribution in [-0.2, 0) is 0 Å². The van der Waals surface area contributed by atoms with Crippen molar-refractivity contribution in [1.29, 1.82) is 0 Å². The summed E-state index contributed by atoms with van der Waals surface area (Å²) in [5, 5.41) is 0.953. The molecule has 2 rings (SSSR count). The van der Waals surface area contributed by atoms with Crippen molar-refractivity contribution >= 4 is 11.8 Å². The van der Waals surface area contributed by atoms with Gasteiger partial charge in [-0.15, -0.1) is 0 Å². The molecular weight excluding hydrogens is 218 g/mol. The fourth-order valence-electron chi connectivity index (χ4n) is 1.53. The number of aromatic amines is 1. The Labute approximate surface area is 99.5 Å². The molecule has 0 radical (unpaired) electrons. The van der Waals surface area contributed by atoms with Gasteiger partial charge in [0.15, 0.2) is 5.16 Å². The van der Waals surface area contributed by atoms with Crippen LogP contribution in [0.4, 0.5) is 0 Å². The van der Waals surface area contributed by atoms with E-state index in [0.717, 1.165) is 10.9 Å². The molecule has 0 aliphatic rings. The van der Waals surface area contributed by atoms with Crippen LogP contribution in [0.2, 0.25) is 0 Å². The zero-order chi connectivity index (χ0) is 11.2. The van der Waals surface area contributed by atoms with Gasteiger partial charge in [-0.3, -0.25) is 0 Å². The smallest absolute Gasteiger partial charge is 0.165 e. The van der Waals surface area contributed by atoms with E-state index in [1.165, 1.54) is 5.56 Å². The highest BCUT2D eigenvalue weighted by molar-refractivity contribution is 7.99. The van der Waals surface area contributed by atoms with Crippen LogP contribution in [0, 0.1) is 0 Å². The first-order valence-corrected chi connectivity index (χ1v) is 6.26. The van der Waals surface area contributed by atoms with E-state index in [4.69, 9.17) is 5.73 Å². The first-order chi connectivity index (χ1) is 7.90. The molecule has 1 atom stereocenters. The zero-order valence-corrected chi connectivity index (χ0v) is 9.78. The molecule has 4 heteroatoms. The first kappa shape index (κ1) is 11.2. The Morgan fingerprint density at radius 2 is 2.12 bits per heavy atom. The molecule has 0 bridgehead atoms. The van der Waals surface area contributed by atoms with Crippen LogP contribution in [0.25, 0.3) is 0 Å². The number of benzene rings is 1. The molecular formula is C12H15N3S. The molecule has 0 amide bonds. The van der Waals surface area contributed by atoms with Crippen molar-refractivity contribution in [2.45, 2.75) is 11.1 Å². The number of thioether (sulfide) groups is 1. The molecule has 0 saturated heterocycles. The largest absolute Gasteiger partial charge is 0.340 e. The Balaban J connectivity index is 1.96. The number of nitrogens with two attached hydrogens (primary N) is 1. The van der Waals surface area contributed by atoms with E-state index in [0.29, 0.717) is 12.5 Å². The Morgan fingerprint density at radius 3 is 2.75 bits per heavy atom. The second kappa shape index (κ2) is 5.72. The van der Waals surface area contributed by atoms with E-state index in [1.807, 2.05) is 12.3 Å². The normalized spacial score (nSPS) is 12.6. The summed E-state index contributed by atoms with van der Waals surface area (Å²) in [7, 11) is 0. The van der Waals surface area contributed by atoms with Gasteiger partial charge in [-0.05, 0) is 12.1 Å². The maximum Gasteiger partial charge on any atom is 0.165 e. The lowest BCUT2D eigenvalue weighted by atomic mass is 10.0. The van der Waals surface area contributed by atoms with Crippen LogP contribution in [0.5, 0.6) is 0 Å². The van der Waals surface area contributed by atoms with Crippen molar-refractivity contribution < 1.29 is 0 Å². The van der Waals surface area contributed by atoms with Crippen molar-refractivity contribution in [3.63, 3.8) is 0 Å². The third-order valence-corrected chi connectivity index (χ3v) is 3.52.